The molecule has 0 fully saturated rings. The Hall–Kier alpha value is -4.36. The predicted octanol–water partition coefficient (Wildman–Crippen LogP) is 4.92. The lowest BCUT2D eigenvalue weighted by Crippen LogP contribution is -2.21. The average molecular weight is 471 g/mol. The van der Waals surface area contributed by atoms with Crippen LogP contribution in [0.25, 0.3) is 10.8 Å². The van der Waals surface area contributed by atoms with Crippen molar-refractivity contribution < 1.29 is 24.2 Å². The maximum atomic E-state index is 13.0. The zero-order chi connectivity index (χ0) is 24.8. The van der Waals surface area contributed by atoms with Crippen LogP contribution in [0, 0.1) is 6.92 Å². The zero-order valence-corrected chi connectivity index (χ0v) is 19.5. The molecule has 0 aromatic heterocycles. The van der Waals surface area contributed by atoms with Gasteiger partial charge in [0, 0.05) is 16.6 Å². The van der Waals surface area contributed by atoms with E-state index in [1.54, 1.807) is 30.3 Å². The summed E-state index contributed by atoms with van der Waals surface area (Å²) in [6.07, 6.45) is 0. The zero-order valence-electron chi connectivity index (χ0n) is 19.5. The van der Waals surface area contributed by atoms with E-state index in [1.807, 2.05) is 55.5 Å². The van der Waals surface area contributed by atoms with Gasteiger partial charge in [-0.1, -0.05) is 42.5 Å². The second-order valence-electron chi connectivity index (χ2n) is 8.01. The molecule has 2 amide bonds. The second-order valence-corrected chi connectivity index (χ2v) is 8.01. The highest BCUT2D eigenvalue weighted by molar-refractivity contribution is 6.14. The highest BCUT2D eigenvalue weighted by Gasteiger charge is 2.15. The summed E-state index contributed by atoms with van der Waals surface area (Å²) >= 11 is 0. The molecule has 4 aromatic rings. The number of rotatable bonds is 8. The van der Waals surface area contributed by atoms with Crippen LogP contribution in [0.5, 0.6) is 11.5 Å². The number of carbonyl (C=O) groups is 2. The number of amides is 2. The second kappa shape index (κ2) is 10.7. The van der Waals surface area contributed by atoms with Crippen molar-refractivity contribution >= 4 is 34.0 Å². The third kappa shape index (κ3) is 5.59. The normalized spacial score (nSPS) is 10.6. The van der Waals surface area contributed by atoms with Gasteiger partial charge in [-0.25, -0.2) is 0 Å². The van der Waals surface area contributed by atoms with Gasteiger partial charge in [0.2, 0.25) is 0 Å². The van der Waals surface area contributed by atoms with Gasteiger partial charge >= 0.3 is 0 Å². The Kier molecular flexibility index (Phi) is 7.28. The molecule has 0 unspecified atom stereocenters. The number of hydrogen-bond donors (Lipinski definition) is 3. The van der Waals surface area contributed by atoms with Crippen LogP contribution in [-0.4, -0.2) is 30.6 Å². The van der Waals surface area contributed by atoms with Gasteiger partial charge < -0.3 is 25.2 Å². The number of aliphatic hydroxyl groups is 1. The van der Waals surface area contributed by atoms with E-state index < -0.39 is 0 Å². The Morgan fingerprint density at radius 1 is 0.857 bits per heavy atom. The van der Waals surface area contributed by atoms with Crippen LogP contribution in [0.15, 0.2) is 78.9 Å². The molecule has 0 radical (unpaired) electrons. The molecule has 0 spiro atoms. The molecule has 0 saturated carbocycles. The number of fused-ring (bicyclic) bond motifs is 1. The number of aryl methyl sites for hydroxylation is 1. The number of anilines is 2. The number of aliphatic hydroxyl groups excluding tert-OH is 1. The van der Waals surface area contributed by atoms with Crippen molar-refractivity contribution in [2.75, 3.05) is 24.4 Å². The van der Waals surface area contributed by atoms with Crippen LogP contribution < -0.4 is 20.1 Å². The van der Waals surface area contributed by atoms with Crippen LogP contribution in [0.3, 0.4) is 0 Å². The van der Waals surface area contributed by atoms with Crippen LogP contribution >= 0.6 is 0 Å². The monoisotopic (exact) mass is 470 g/mol. The minimum atomic E-state index is -0.385. The molecule has 0 bridgehead atoms. The van der Waals surface area contributed by atoms with E-state index in [2.05, 4.69) is 10.6 Å². The molecule has 35 heavy (non-hydrogen) atoms. The van der Waals surface area contributed by atoms with Gasteiger partial charge in [0.15, 0.2) is 6.61 Å². The molecule has 178 valence electrons. The lowest BCUT2D eigenvalue weighted by molar-refractivity contribution is -0.118. The lowest BCUT2D eigenvalue weighted by atomic mass is 10.0. The largest absolute Gasteiger partial charge is 0.495 e. The van der Waals surface area contributed by atoms with Crippen molar-refractivity contribution in [3.63, 3.8) is 0 Å². The van der Waals surface area contributed by atoms with E-state index in [9.17, 15) is 14.7 Å². The van der Waals surface area contributed by atoms with Crippen LogP contribution in [-0.2, 0) is 11.4 Å². The lowest BCUT2D eigenvalue weighted by Gasteiger charge is -2.14. The number of carbonyl (C=O) groups excluding carboxylic acids is 2. The molecule has 7 heteroatoms. The van der Waals surface area contributed by atoms with Crippen molar-refractivity contribution in [3.05, 3.63) is 95.6 Å². The van der Waals surface area contributed by atoms with Crippen molar-refractivity contribution in [2.45, 2.75) is 13.5 Å². The first-order valence-electron chi connectivity index (χ1n) is 11.1. The Balaban J connectivity index is 1.51. The molecule has 0 aliphatic heterocycles. The number of hydrogen-bond acceptors (Lipinski definition) is 5. The van der Waals surface area contributed by atoms with Gasteiger partial charge in [-0.15, -0.1) is 0 Å². The smallest absolute Gasteiger partial charge is 0.262 e. The first kappa shape index (κ1) is 23.8. The van der Waals surface area contributed by atoms with Crippen molar-refractivity contribution in [3.8, 4) is 11.5 Å². The summed E-state index contributed by atoms with van der Waals surface area (Å²) in [5.41, 5.74) is 3.37. The van der Waals surface area contributed by atoms with Crippen molar-refractivity contribution in [2.24, 2.45) is 0 Å². The van der Waals surface area contributed by atoms with Gasteiger partial charge in [0.25, 0.3) is 11.8 Å². The van der Waals surface area contributed by atoms with E-state index >= 15 is 0 Å². The first-order valence-corrected chi connectivity index (χ1v) is 11.1. The molecule has 7 nitrogen and oxygen atoms in total. The summed E-state index contributed by atoms with van der Waals surface area (Å²) in [5.74, 6) is 0.347. The third-order valence-electron chi connectivity index (χ3n) is 5.48. The Bertz CT molecular complexity index is 1380. The molecule has 4 rings (SSSR count). The van der Waals surface area contributed by atoms with Crippen LogP contribution in [0.2, 0.25) is 0 Å². The Morgan fingerprint density at radius 3 is 2.37 bits per heavy atom. The maximum absolute atomic E-state index is 13.0. The molecule has 4 aromatic carbocycles. The molecular formula is C28H26N2O5. The average Bonchev–Trinajstić information content (AvgIpc) is 2.87. The van der Waals surface area contributed by atoms with E-state index in [-0.39, 0.29) is 25.0 Å². The van der Waals surface area contributed by atoms with Crippen LogP contribution in [0.4, 0.5) is 11.4 Å². The summed E-state index contributed by atoms with van der Waals surface area (Å²) < 4.78 is 11.1. The molecule has 0 saturated heterocycles. The van der Waals surface area contributed by atoms with Crippen molar-refractivity contribution in [1.29, 1.82) is 0 Å². The summed E-state index contributed by atoms with van der Waals surface area (Å²) in [4.78, 5) is 25.6. The highest BCUT2D eigenvalue weighted by Crippen LogP contribution is 2.30. The van der Waals surface area contributed by atoms with E-state index in [4.69, 9.17) is 9.47 Å². The fourth-order valence-electron chi connectivity index (χ4n) is 3.80. The maximum Gasteiger partial charge on any atom is 0.262 e. The van der Waals surface area contributed by atoms with Gasteiger partial charge in [-0.2, -0.15) is 0 Å². The Labute approximate surface area is 203 Å². The van der Waals surface area contributed by atoms with Gasteiger partial charge in [0.1, 0.15) is 11.5 Å². The fraction of sp³-hybridized carbons (Fsp3) is 0.143. The van der Waals surface area contributed by atoms with Gasteiger partial charge in [-0.05, 0) is 59.8 Å². The topological polar surface area (TPSA) is 96.9 Å². The minimum Gasteiger partial charge on any atom is -0.495 e. The summed E-state index contributed by atoms with van der Waals surface area (Å²) in [5, 5.41) is 16.5. The number of ether oxygens (including phenoxy) is 2. The first-order chi connectivity index (χ1) is 17.0. The van der Waals surface area contributed by atoms with Crippen LogP contribution in [0.1, 0.15) is 21.5 Å². The standard InChI is InChI=1S/C28H26N2O5/c1-18-6-5-7-20(14-18)29-28(33)23-11-13-25(22-9-4-3-8-21(22)23)35-17-27(32)30-24-15-19(16-31)10-12-26(24)34-2/h3-15,31H,16-17H2,1-2H3,(H,29,33)(H,30,32). The fourth-order valence-corrected chi connectivity index (χ4v) is 3.80. The van der Waals surface area contributed by atoms with Crippen molar-refractivity contribution in [1.82, 2.24) is 0 Å². The molecule has 0 heterocycles. The molecule has 3 N–H and O–H groups in total. The summed E-state index contributed by atoms with van der Waals surface area (Å²) in [6.45, 7) is 1.57. The summed E-state index contributed by atoms with van der Waals surface area (Å²) in [7, 11) is 1.50. The van der Waals surface area contributed by atoms with E-state index in [0.29, 0.717) is 33.7 Å². The highest BCUT2D eigenvalue weighted by atomic mass is 16.5. The molecule has 0 aliphatic rings. The molecule has 0 atom stereocenters. The number of nitrogens with one attached hydrogen (secondary N) is 2. The van der Waals surface area contributed by atoms with Gasteiger partial charge in [0.05, 0.1) is 19.4 Å². The SMILES string of the molecule is COc1ccc(CO)cc1NC(=O)COc1ccc(C(=O)Nc2cccc(C)c2)c2ccccc12. The van der Waals surface area contributed by atoms with E-state index in [1.165, 1.54) is 7.11 Å². The number of benzene rings is 4. The van der Waals surface area contributed by atoms with Gasteiger partial charge in [-0.3, -0.25) is 9.59 Å². The van der Waals surface area contributed by atoms with E-state index in [0.717, 1.165) is 16.6 Å². The number of methoxy groups -OCH3 is 1. The third-order valence-corrected chi connectivity index (χ3v) is 5.48. The minimum absolute atomic E-state index is 0.154. The predicted molar refractivity (Wildman–Crippen MR) is 136 cm³/mol. The molecular weight excluding hydrogens is 444 g/mol. The quantitative estimate of drug-likeness (QED) is 0.340. The molecule has 0 aliphatic carbocycles. The summed E-state index contributed by atoms with van der Waals surface area (Å²) in [6, 6.07) is 23.4. The Morgan fingerprint density at radius 2 is 1.63 bits per heavy atom.